The second kappa shape index (κ2) is 4.20. The van der Waals surface area contributed by atoms with E-state index < -0.39 is 10.7 Å². The zero-order chi connectivity index (χ0) is 10.8. The second-order valence-corrected chi connectivity index (χ2v) is 4.68. The van der Waals surface area contributed by atoms with Crippen LogP contribution >= 0.6 is 0 Å². The van der Waals surface area contributed by atoms with Gasteiger partial charge in [-0.3, -0.25) is 4.90 Å². The molecule has 0 radical (unpaired) electrons. The molecule has 1 aliphatic rings. The van der Waals surface area contributed by atoms with Gasteiger partial charge in [-0.15, -0.1) is 0 Å². The van der Waals surface area contributed by atoms with E-state index in [1.165, 1.54) is 5.56 Å². The Hall–Kier alpha value is -1.07. The molecule has 0 spiro atoms. The third-order valence-electron chi connectivity index (χ3n) is 2.60. The van der Waals surface area contributed by atoms with Gasteiger partial charge in [0, 0.05) is 13.1 Å². The molecule has 4 nitrogen and oxygen atoms in total. The molecule has 0 amide bonds. The van der Waals surface area contributed by atoms with Gasteiger partial charge in [-0.25, -0.2) is 8.42 Å². The average molecular weight is 227 g/mol. The summed E-state index contributed by atoms with van der Waals surface area (Å²) in [6.45, 7) is 1.37. The first-order chi connectivity index (χ1) is 7.15. The van der Waals surface area contributed by atoms with Crippen LogP contribution in [0.3, 0.4) is 0 Å². The average Bonchev–Trinajstić information content (AvgIpc) is 2.16. The molecule has 1 heterocycles. The van der Waals surface area contributed by atoms with Gasteiger partial charge < -0.3 is 5.11 Å². The number of hydrogen-bond donors (Lipinski definition) is 2. The molecule has 5 heteroatoms. The summed E-state index contributed by atoms with van der Waals surface area (Å²) in [6.07, 6.45) is 0.846. The number of phenols is 1. The third kappa shape index (κ3) is 2.49. The fourth-order valence-corrected chi connectivity index (χ4v) is 2.45. The maximum Gasteiger partial charge on any atom is 0.153 e. The Labute approximate surface area is 90.1 Å². The maximum atomic E-state index is 10.6. The van der Waals surface area contributed by atoms with Crippen molar-refractivity contribution >= 4 is 10.7 Å². The van der Waals surface area contributed by atoms with Crippen molar-refractivity contribution in [1.29, 1.82) is 0 Å². The molecule has 1 aromatic carbocycles. The third-order valence-corrected chi connectivity index (χ3v) is 3.23. The molecule has 0 fully saturated rings. The van der Waals surface area contributed by atoms with Crippen LogP contribution in [0.2, 0.25) is 0 Å². The van der Waals surface area contributed by atoms with Crippen molar-refractivity contribution in [1.82, 2.24) is 4.90 Å². The van der Waals surface area contributed by atoms with Crippen molar-refractivity contribution in [3.05, 3.63) is 29.3 Å². The zero-order valence-electron chi connectivity index (χ0n) is 8.22. The second-order valence-electron chi connectivity index (χ2n) is 3.73. The minimum absolute atomic E-state index is 0.102. The van der Waals surface area contributed by atoms with Crippen LogP contribution in [-0.2, 0) is 23.7 Å². The summed E-state index contributed by atoms with van der Waals surface area (Å²) in [5.41, 5.74) is 2.23. The van der Waals surface area contributed by atoms with Crippen molar-refractivity contribution < 1.29 is 13.5 Å². The summed E-state index contributed by atoms with van der Waals surface area (Å²) in [5.74, 6) is 0.340. The van der Waals surface area contributed by atoms with Gasteiger partial charge in [0.05, 0.1) is 5.88 Å². The largest absolute Gasteiger partial charge is 0.508 e. The highest BCUT2D eigenvalue weighted by molar-refractivity contribution is 7.72. The van der Waals surface area contributed by atoms with Crippen LogP contribution in [0.4, 0.5) is 0 Å². The van der Waals surface area contributed by atoms with E-state index >= 15 is 0 Å². The first kappa shape index (κ1) is 10.4. The molecular weight excluding hydrogens is 214 g/mol. The van der Waals surface area contributed by atoms with Gasteiger partial charge in [0.1, 0.15) is 5.75 Å². The molecule has 0 atom stereocenters. The molecule has 2 rings (SSSR count). The van der Waals surface area contributed by atoms with Gasteiger partial charge in [0.25, 0.3) is 0 Å². The molecule has 0 saturated heterocycles. The number of hydrogen-bond acceptors (Lipinski definition) is 4. The Morgan fingerprint density at radius 3 is 2.87 bits per heavy atom. The van der Waals surface area contributed by atoms with E-state index in [-0.39, 0.29) is 11.6 Å². The Morgan fingerprint density at radius 2 is 2.13 bits per heavy atom. The highest BCUT2D eigenvalue weighted by atomic mass is 32.2. The molecule has 0 bridgehead atoms. The fourth-order valence-electron chi connectivity index (χ4n) is 1.89. The van der Waals surface area contributed by atoms with Crippen molar-refractivity contribution in [3.8, 4) is 5.75 Å². The van der Waals surface area contributed by atoms with Crippen LogP contribution in [0.5, 0.6) is 5.75 Å². The SMILES string of the molecule is O=[SH](=O)CN1CCc2ccc(O)cc2C1. The van der Waals surface area contributed by atoms with E-state index in [1.54, 1.807) is 12.1 Å². The first-order valence-electron chi connectivity index (χ1n) is 4.80. The summed E-state index contributed by atoms with van der Waals surface area (Å²) in [5, 5.41) is 9.32. The van der Waals surface area contributed by atoms with Gasteiger partial charge >= 0.3 is 0 Å². The van der Waals surface area contributed by atoms with Gasteiger partial charge in [0.2, 0.25) is 0 Å². The minimum Gasteiger partial charge on any atom is -0.508 e. The topological polar surface area (TPSA) is 57.6 Å². The quantitative estimate of drug-likeness (QED) is 0.714. The van der Waals surface area contributed by atoms with E-state index in [4.69, 9.17) is 0 Å². The predicted octanol–water partition coefficient (Wildman–Crippen LogP) is 0.319. The summed E-state index contributed by atoms with van der Waals surface area (Å²) in [6, 6.07) is 5.28. The number of fused-ring (bicyclic) bond motifs is 1. The molecule has 1 aromatic rings. The Morgan fingerprint density at radius 1 is 1.33 bits per heavy atom. The van der Waals surface area contributed by atoms with E-state index in [0.29, 0.717) is 6.54 Å². The molecular formula is C10H13NO3S. The predicted molar refractivity (Wildman–Crippen MR) is 57.4 cm³/mol. The number of thiol groups is 1. The molecule has 15 heavy (non-hydrogen) atoms. The summed E-state index contributed by atoms with van der Waals surface area (Å²) >= 11 is 0. The van der Waals surface area contributed by atoms with Gasteiger partial charge in [-0.1, -0.05) is 6.07 Å². The highest BCUT2D eigenvalue weighted by Gasteiger charge is 2.16. The Bertz CT molecular complexity index is 434. The van der Waals surface area contributed by atoms with Crippen LogP contribution in [-0.4, -0.2) is 30.8 Å². The normalized spacial score (nSPS) is 16.6. The van der Waals surface area contributed by atoms with E-state index in [0.717, 1.165) is 18.5 Å². The lowest BCUT2D eigenvalue weighted by molar-refractivity contribution is 0.294. The van der Waals surface area contributed by atoms with E-state index in [9.17, 15) is 13.5 Å². The first-order valence-corrected chi connectivity index (χ1v) is 6.16. The van der Waals surface area contributed by atoms with Crippen LogP contribution < -0.4 is 0 Å². The highest BCUT2D eigenvalue weighted by Crippen LogP contribution is 2.22. The molecule has 1 N–H and O–H groups in total. The number of aromatic hydroxyl groups is 1. The van der Waals surface area contributed by atoms with Crippen LogP contribution in [0.15, 0.2) is 18.2 Å². The molecule has 1 aliphatic heterocycles. The molecule has 82 valence electrons. The Kier molecular flexibility index (Phi) is 2.93. The molecule has 0 unspecified atom stereocenters. The lowest BCUT2D eigenvalue weighted by Gasteiger charge is -2.26. The summed E-state index contributed by atoms with van der Waals surface area (Å²) in [7, 11) is -2.36. The lowest BCUT2D eigenvalue weighted by Crippen LogP contribution is -2.31. The van der Waals surface area contributed by atoms with Crippen LogP contribution in [0, 0.1) is 0 Å². The number of benzene rings is 1. The van der Waals surface area contributed by atoms with Gasteiger partial charge in [0.15, 0.2) is 10.7 Å². The standard InChI is InChI=1S/C10H13NO3S/c12-10-2-1-8-3-4-11(7-15(13)14)6-9(8)5-10/h1-2,5,12,15H,3-4,6-7H2. The van der Waals surface area contributed by atoms with Crippen LogP contribution in [0.25, 0.3) is 0 Å². The summed E-state index contributed by atoms with van der Waals surface area (Å²) in [4.78, 5) is 1.87. The van der Waals surface area contributed by atoms with Gasteiger partial charge in [-0.05, 0) is 29.7 Å². The number of rotatable bonds is 2. The Balaban J connectivity index is 2.18. The molecule has 0 aliphatic carbocycles. The maximum absolute atomic E-state index is 10.6. The van der Waals surface area contributed by atoms with Gasteiger partial charge in [-0.2, -0.15) is 0 Å². The van der Waals surface area contributed by atoms with Crippen LogP contribution in [0.1, 0.15) is 11.1 Å². The van der Waals surface area contributed by atoms with Crippen molar-refractivity contribution in [2.24, 2.45) is 0 Å². The molecule has 0 saturated carbocycles. The summed E-state index contributed by atoms with van der Waals surface area (Å²) < 4.78 is 21.2. The fraction of sp³-hybridized carbons (Fsp3) is 0.400. The molecule has 0 aromatic heterocycles. The van der Waals surface area contributed by atoms with Crippen molar-refractivity contribution in [2.45, 2.75) is 13.0 Å². The van der Waals surface area contributed by atoms with E-state index in [1.807, 2.05) is 11.0 Å². The number of phenolic OH excluding ortho intramolecular Hbond substituents is 1. The lowest BCUT2D eigenvalue weighted by atomic mass is 10.00. The van der Waals surface area contributed by atoms with Crippen molar-refractivity contribution in [3.63, 3.8) is 0 Å². The van der Waals surface area contributed by atoms with E-state index in [2.05, 4.69) is 0 Å². The smallest absolute Gasteiger partial charge is 0.153 e. The zero-order valence-corrected chi connectivity index (χ0v) is 9.11. The minimum atomic E-state index is -2.36. The monoisotopic (exact) mass is 227 g/mol. The number of nitrogens with zero attached hydrogens (tertiary/aromatic N) is 1. The van der Waals surface area contributed by atoms with Crippen molar-refractivity contribution in [2.75, 3.05) is 12.4 Å².